The third kappa shape index (κ3) is 4.02. The van der Waals surface area contributed by atoms with Gasteiger partial charge in [-0.15, -0.1) is 5.10 Å². The largest absolute Gasteiger partial charge is 0.381 e. The minimum absolute atomic E-state index is 0.0874. The topological polar surface area (TPSA) is 146 Å². The standard InChI is InChI=1S/C21H25ClN8O3S/c1-13(26-20(31)17-18(23)27-30-6-2-4-25-19(17)30)14-10-15(22)16-11-24-12-29(16)21(14)28-5-3-8-34(32,33)9-7-28/h2,4,6,10-13,32-33H,3,5,7-9H2,1H3,(H2,23,27)(H,26,31). The first kappa shape index (κ1) is 22.7. The second-order valence-corrected chi connectivity index (χ2v) is 11.1. The molecule has 5 heterocycles. The van der Waals surface area contributed by atoms with Crippen LogP contribution < -0.4 is 16.0 Å². The number of rotatable bonds is 4. The number of hydrogen-bond donors (Lipinski definition) is 4. The second-order valence-electron chi connectivity index (χ2n) is 8.31. The highest BCUT2D eigenvalue weighted by molar-refractivity contribution is 8.24. The molecular weight excluding hydrogens is 480 g/mol. The normalized spacial score (nSPS) is 18.1. The van der Waals surface area contributed by atoms with Crippen LogP contribution in [0.15, 0.2) is 37.1 Å². The Morgan fingerprint density at radius 1 is 1.32 bits per heavy atom. The predicted octanol–water partition coefficient (Wildman–Crippen LogP) is 3.06. The molecule has 34 heavy (non-hydrogen) atoms. The number of fused-ring (bicyclic) bond motifs is 2. The molecule has 4 aromatic rings. The summed E-state index contributed by atoms with van der Waals surface area (Å²) in [5, 5.41) is 7.66. The average Bonchev–Trinajstić information content (AvgIpc) is 3.35. The van der Waals surface area contributed by atoms with Crippen LogP contribution >= 0.6 is 22.2 Å². The van der Waals surface area contributed by atoms with Crippen LogP contribution in [0.4, 0.5) is 11.6 Å². The molecular formula is C21H25ClN8O3S. The Morgan fingerprint density at radius 3 is 2.97 bits per heavy atom. The molecule has 1 aliphatic heterocycles. The van der Waals surface area contributed by atoms with Gasteiger partial charge in [-0.1, -0.05) is 11.6 Å². The van der Waals surface area contributed by atoms with Crippen molar-refractivity contribution in [3.05, 3.63) is 53.2 Å². The van der Waals surface area contributed by atoms with Crippen LogP contribution in [-0.2, 0) is 0 Å². The van der Waals surface area contributed by atoms with Gasteiger partial charge in [-0.25, -0.2) is 14.5 Å². The molecule has 1 saturated heterocycles. The lowest BCUT2D eigenvalue weighted by Crippen LogP contribution is -2.33. The Kier molecular flexibility index (Phi) is 5.76. The Bertz CT molecular complexity index is 1390. The Hall–Kier alpha value is -3.06. The number of nitrogen functional groups attached to an aromatic ring is 1. The fourth-order valence-corrected chi connectivity index (χ4v) is 5.91. The fourth-order valence-electron chi connectivity index (χ4n) is 4.35. The van der Waals surface area contributed by atoms with Gasteiger partial charge >= 0.3 is 0 Å². The van der Waals surface area contributed by atoms with Gasteiger partial charge < -0.3 is 16.0 Å². The van der Waals surface area contributed by atoms with Crippen molar-refractivity contribution in [2.45, 2.75) is 19.4 Å². The van der Waals surface area contributed by atoms with Gasteiger partial charge in [0.15, 0.2) is 11.5 Å². The highest BCUT2D eigenvalue weighted by Gasteiger charge is 2.27. The lowest BCUT2D eigenvalue weighted by atomic mass is 10.1. The summed E-state index contributed by atoms with van der Waals surface area (Å²) in [5.74, 6) is 1.12. The van der Waals surface area contributed by atoms with Gasteiger partial charge in [0.05, 0.1) is 28.5 Å². The van der Waals surface area contributed by atoms with Crippen LogP contribution in [-0.4, -0.2) is 63.6 Å². The number of carbonyl (C=O) groups excluding carboxylic acids is 1. The van der Waals surface area contributed by atoms with Crippen molar-refractivity contribution in [1.29, 1.82) is 0 Å². The monoisotopic (exact) mass is 504 g/mol. The molecule has 1 fully saturated rings. The molecule has 4 aromatic heterocycles. The number of imidazole rings is 1. The molecule has 1 unspecified atom stereocenters. The maximum atomic E-state index is 13.2. The highest BCUT2D eigenvalue weighted by Crippen LogP contribution is 2.42. The van der Waals surface area contributed by atoms with Gasteiger partial charge in [0.1, 0.15) is 17.7 Å². The molecule has 1 aliphatic rings. The minimum Gasteiger partial charge on any atom is -0.381 e. The number of anilines is 2. The van der Waals surface area contributed by atoms with Crippen molar-refractivity contribution in [2.24, 2.45) is 0 Å². The molecule has 0 radical (unpaired) electrons. The number of halogens is 1. The average molecular weight is 505 g/mol. The molecule has 0 spiro atoms. The lowest BCUT2D eigenvalue weighted by molar-refractivity contribution is 0.0942. The number of carbonyl (C=O) groups is 1. The van der Waals surface area contributed by atoms with Crippen molar-refractivity contribution in [3.63, 3.8) is 0 Å². The number of hydrogen-bond acceptors (Lipinski definition) is 8. The number of aromatic nitrogens is 5. The first-order chi connectivity index (χ1) is 16.2. The van der Waals surface area contributed by atoms with Gasteiger partial charge in [-0.3, -0.25) is 18.3 Å². The number of nitrogens with two attached hydrogens (primary N) is 1. The van der Waals surface area contributed by atoms with Gasteiger partial charge in [0.25, 0.3) is 5.91 Å². The molecule has 0 bridgehead atoms. The SMILES string of the molecule is CC(NC(=O)c1c(N)nn2cccnc12)c1cc(Cl)c2cncn2c1N1CCCS(O)(O)CC1. The molecule has 11 nitrogen and oxygen atoms in total. The summed E-state index contributed by atoms with van der Waals surface area (Å²) < 4.78 is 23.8. The summed E-state index contributed by atoms with van der Waals surface area (Å²) >= 11 is 6.56. The zero-order valence-corrected chi connectivity index (χ0v) is 20.0. The lowest BCUT2D eigenvalue weighted by Gasteiger charge is -2.32. The molecule has 1 amide bonds. The summed E-state index contributed by atoms with van der Waals surface area (Å²) in [6.45, 7) is 2.94. The van der Waals surface area contributed by atoms with E-state index in [4.69, 9.17) is 17.3 Å². The molecule has 0 aliphatic carbocycles. The van der Waals surface area contributed by atoms with Crippen molar-refractivity contribution in [3.8, 4) is 0 Å². The Balaban J connectivity index is 1.53. The van der Waals surface area contributed by atoms with E-state index in [1.54, 1.807) is 31.0 Å². The van der Waals surface area contributed by atoms with E-state index in [1.807, 2.05) is 17.4 Å². The van der Waals surface area contributed by atoms with E-state index in [0.717, 1.165) is 16.9 Å². The Labute approximate surface area is 201 Å². The smallest absolute Gasteiger partial charge is 0.259 e. The number of nitrogens with zero attached hydrogens (tertiary/aromatic N) is 6. The number of amides is 1. The van der Waals surface area contributed by atoms with Crippen LogP contribution in [0.1, 0.15) is 35.3 Å². The summed E-state index contributed by atoms with van der Waals surface area (Å²) in [5.41, 5.74) is 8.09. The predicted molar refractivity (Wildman–Crippen MR) is 133 cm³/mol. The van der Waals surface area contributed by atoms with Crippen LogP contribution in [0.5, 0.6) is 0 Å². The van der Waals surface area contributed by atoms with Crippen molar-refractivity contribution in [1.82, 2.24) is 29.3 Å². The van der Waals surface area contributed by atoms with Gasteiger partial charge in [0.2, 0.25) is 0 Å². The first-order valence-corrected chi connectivity index (χ1v) is 13.0. The molecule has 1 atom stereocenters. The molecule has 0 aromatic carbocycles. The van der Waals surface area contributed by atoms with E-state index in [2.05, 4.69) is 25.3 Å². The highest BCUT2D eigenvalue weighted by atomic mass is 35.5. The van der Waals surface area contributed by atoms with Gasteiger partial charge in [-0.05, 0) is 25.5 Å². The number of nitrogens with one attached hydrogen (secondary N) is 1. The van der Waals surface area contributed by atoms with E-state index in [0.29, 0.717) is 35.9 Å². The second kappa shape index (κ2) is 8.62. The van der Waals surface area contributed by atoms with Crippen molar-refractivity contribution >= 4 is 50.9 Å². The maximum absolute atomic E-state index is 13.2. The zero-order chi connectivity index (χ0) is 24.0. The minimum atomic E-state index is -2.61. The summed E-state index contributed by atoms with van der Waals surface area (Å²) in [6, 6.07) is 3.06. The zero-order valence-electron chi connectivity index (χ0n) is 18.4. The number of pyridine rings is 1. The summed E-state index contributed by atoms with van der Waals surface area (Å²) in [4.78, 5) is 23.8. The maximum Gasteiger partial charge on any atom is 0.259 e. The van der Waals surface area contributed by atoms with Crippen molar-refractivity contribution in [2.75, 3.05) is 35.2 Å². The third-order valence-corrected chi connectivity index (χ3v) is 8.08. The molecule has 5 rings (SSSR count). The third-order valence-electron chi connectivity index (χ3n) is 6.00. The first-order valence-electron chi connectivity index (χ1n) is 10.8. The van der Waals surface area contributed by atoms with Gasteiger partial charge in [-0.2, -0.15) is 10.6 Å². The van der Waals surface area contributed by atoms with Crippen LogP contribution in [0.25, 0.3) is 11.2 Å². The van der Waals surface area contributed by atoms with E-state index in [9.17, 15) is 13.9 Å². The molecule has 5 N–H and O–H groups in total. The fraction of sp³-hybridized carbons (Fsp3) is 0.333. The molecule has 13 heteroatoms. The van der Waals surface area contributed by atoms with Crippen LogP contribution in [0.2, 0.25) is 5.02 Å². The summed E-state index contributed by atoms with van der Waals surface area (Å²) in [6.07, 6.45) is 7.23. The van der Waals surface area contributed by atoms with Crippen molar-refractivity contribution < 1.29 is 13.9 Å². The summed E-state index contributed by atoms with van der Waals surface area (Å²) in [7, 11) is -2.61. The molecule has 180 valence electrons. The molecule has 0 saturated carbocycles. The quantitative estimate of drug-likeness (QED) is 0.331. The van der Waals surface area contributed by atoms with E-state index < -0.39 is 22.5 Å². The van der Waals surface area contributed by atoms with E-state index >= 15 is 0 Å². The van der Waals surface area contributed by atoms with Crippen LogP contribution in [0.3, 0.4) is 0 Å². The van der Waals surface area contributed by atoms with E-state index in [1.165, 1.54) is 4.52 Å². The van der Waals surface area contributed by atoms with Crippen LogP contribution in [0, 0.1) is 0 Å². The van der Waals surface area contributed by atoms with E-state index in [-0.39, 0.29) is 17.1 Å². The van der Waals surface area contributed by atoms with Gasteiger partial charge in [0, 0.05) is 36.8 Å². The Morgan fingerprint density at radius 2 is 2.15 bits per heavy atom.